The number of pyridine rings is 1. The van der Waals surface area contributed by atoms with E-state index in [2.05, 4.69) is 23.9 Å². The summed E-state index contributed by atoms with van der Waals surface area (Å²) in [7, 11) is 1.91. The smallest absolute Gasteiger partial charge is 0.254 e. The lowest BCUT2D eigenvalue weighted by molar-refractivity contribution is 0.0786. The van der Waals surface area contributed by atoms with Crippen molar-refractivity contribution in [3.8, 4) is 0 Å². The number of aromatic amines is 1. The molecular formula is C19H26N4O2. The second kappa shape index (κ2) is 7.25. The number of likely N-dealkylation sites (tertiary alicyclic amines) is 1. The molecular weight excluding hydrogens is 316 g/mol. The molecule has 0 aromatic carbocycles. The van der Waals surface area contributed by atoms with Crippen molar-refractivity contribution in [2.45, 2.75) is 33.1 Å². The molecule has 1 N–H and O–H groups in total. The Bertz CT molecular complexity index is 806. The molecule has 0 bridgehead atoms. The van der Waals surface area contributed by atoms with Gasteiger partial charge in [-0.15, -0.1) is 0 Å². The van der Waals surface area contributed by atoms with Crippen LogP contribution in [0.5, 0.6) is 0 Å². The minimum Gasteiger partial charge on any atom is -0.338 e. The van der Waals surface area contributed by atoms with Crippen molar-refractivity contribution in [2.75, 3.05) is 13.1 Å². The number of carbonyl (C=O) groups is 1. The van der Waals surface area contributed by atoms with Crippen LogP contribution in [0.15, 0.2) is 29.3 Å². The van der Waals surface area contributed by atoms with Gasteiger partial charge in [0, 0.05) is 43.7 Å². The van der Waals surface area contributed by atoms with Crippen molar-refractivity contribution in [3.05, 3.63) is 51.7 Å². The van der Waals surface area contributed by atoms with Crippen molar-refractivity contribution in [2.24, 2.45) is 18.9 Å². The van der Waals surface area contributed by atoms with E-state index in [9.17, 15) is 9.59 Å². The second-order valence-corrected chi connectivity index (χ2v) is 7.49. The molecule has 1 unspecified atom stereocenters. The highest BCUT2D eigenvalue weighted by molar-refractivity contribution is 5.94. The van der Waals surface area contributed by atoms with Gasteiger partial charge in [0.25, 0.3) is 5.91 Å². The molecule has 3 heterocycles. The third kappa shape index (κ3) is 4.38. The summed E-state index contributed by atoms with van der Waals surface area (Å²) in [5, 5.41) is 4.20. The molecule has 134 valence electrons. The second-order valence-electron chi connectivity index (χ2n) is 7.49. The molecule has 1 aliphatic rings. The fourth-order valence-corrected chi connectivity index (χ4v) is 3.55. The number of aryl methyl sites for hydroxylation is 1. The maximum atomic E-state index is 12.8. The van der Waals surface area contributed by atoms with Gasteiger partial charge in [0.1, 0.15) is 0 Å². The quantitative estimate of drug-likeness (QED) is 0.903. The number of amides is 1. The van der Waals surface area contributed by atoms with E-state index in [0.717, 1.165) is 38.0 Å². The van der Waals surface area contributed by atoms with E-state index < -0.39 is 0 Å². The van der Waals surface area contributed by atoms with Gasteiger partial charge in [-0.25, -0.2) is 0 Å². The first-order chi connectivity index (χ1) is 11.9. The molecule has 0 saturated carbocycles. The van der Waals surface area contributed by atoms with Crippen LogP contribution in [-0.2, 0) is 19.9 Å². The van der Waals surface area contributed by atoms with Gasteiger partial charge in [-0.3, -0.25) is 14.3 Å². The zero-order valence-corrected chi connectivity index (χ0v) is 15.2. The highest BCUT2D eigenvalue weighted by Crippen LogP contribution is 2.22. The highest BCUT2D eigenvalue weighted by atomic mass is 16.2. The average molecular weight is 342 g/mol. The predicted molar refractivity (Wildman–Crippen MR) is 96.5 cm³/mol. The van der Waals surface area contributed by atoms with Crippen LogP contribution in [0, 0.1) is 11.8 Å². The Morgan fingerprint density at radius 3 is 2.88 bits per heavy atom. The largest absolute Gasteiger partial charge is 0.338 e. The van der Waals surface area contributed by atoms with Crippen LogP contribution in [0.3, 0.4) is 0 Å². The van der Waals surface area contributed by atoms with Crippen molar-refractivity contribution in [1.29, 1.82) is 0 Å². The van der Waals surface area contributed by atoms with Crippen molar-refractivity contribution in [3.63, 3.8) is 0 Å². The summed E-state index contributed by atoms with van der Waals surface area (Å²) in [6, 6.07) is 3.25. The number of carbonyl (C=O) groups excluding carboxylic acids is 1. The average Bonchev–Trinajstić information content (AvgIpc) is 3.15. The third-order valence-corrected chi connectivity index (χ3v) is 4.63. The summed E-state index contributed by atoms with van der Waals surface area (Å²) in [5.41, 5.74) is 2.34. The first-order valence-electron chi connectivity index (χ1n) is 8.90. The minimum absolute atomic E-state index is 0.0372. The summed E-state index contributed by atoms with van der Waals surface area (Å²) in [6.07, 6.45) is 6.60. The molecule has 1 amide bonds. The number of rotatable bonds is 5. The monoisotopic (exact) mass is 342 g/mol. The number of aromatic nitrogens is 3. The molecule has 25 heavy (non-hydrogen) atoms. The summed E-state index contributed by atoms with van der Waals surface area (Å²) in [6.45, 7) is 5.67. The lowest BCUT2D eigenvalue weighted by Crippen LogP contribution is -2.30. The molecule has 1 aliphatic heterocycles. The molecule has 0 radical (unpaired) electrons. The van der Waals surface area contributed by atoms with Gasteiger partial charge in [-0.1, -0.05) is 13.8 Å². The van der Waals surface area contributed by atoms with Crippen LogP contribution in [0.25, 0.3) is 0 Å². The Morgan fingerprint density at radius 2 is 2.20 bits per heavy atom. The van der Waals surface area contributed by atoms with Crippen molar-refractivity contribution >= 4 is 5.91 Å². The molecule has 1 fully saturated rings. The lowest BCUT2D eigenvalue weighted by atomic mass is 10.0. The highest BCUT2D eigenvalue weighted by Gasteiger charge is 2.27. The van der Waals surface area contributed by atoms with Crippen LogP contribution < -0.4 is 5.56 Å². The van der Waals surface area contributed by atoms with Crippen LogP contribution in [0.4, 0.5) is 0 Å². The molecule has 2 aromatic rings. The van der Waals surface area contributed by atoms with Gasteiger partial charge >= 0.3 is 0 Å². The summed E-state index contributed by atoms with van der Waals surface area (Å²) >= 11 is 0. The number of nitrogens with one attached hydrogen (secondary N) is 1. The fourth-order valence-electron chi connectivity index (χ4n) is 3.55. The minimum atomic E-state index is -0.201. The molecule has 6 heteroatoms. The number of hydrogen-bond donors (Lipinski definition) is 1. The van der Waals surface area contributed by atoms with Crippen molar-refractivity contribution in [1.82, 2.24) is 19.7 Å². The lowest BCUT2D eigenvalue weighted by Gasteiger charge is -2.17. The summed E-state index contributed by atoms with van der Waals surface area (Å²) in [5.74, 6) is 0.840. The first-order valence-corrected chi connectivity index (χ1v) is 8.90. The molecule has 0 aliphatic carbocycles. The maximum absolute atomic E-state index is 12.8. The Morgan fingerprint density at radius 1 is 1.40 bits per heavy atom. The van der Waals surface area contributed by atoms with Crippen molar-refractivity contribution < 1.29 is 4.79 Å². The molecule has 1 atom stereocenters. The maximum Gasteiger partial charge on any atom is 0.254 e. The zero-order chi connectivity index (χ0) is 18.0. The van der Waals surface area contributed by atoms with E-state index in [1.54, 1.807) is 4.68 Å². The van der Waals surface area contributed by atoms with Crippen LogP contribution >= 0.6 is 0 Å². The molecule has 6 nitrogen and oxygen atoms in total. The molecule has 1 saturated heterocycles. The van der Waals surface area contributed by atoms with Crippen LogP contribution in [0.2, 0.25) is 0 Å². The summed E-state index contributed by atoms with van der Waals surface area (Å²) in [4.78, 5) is 29.4. The third-order valence-electron chi connectivity index (χ3n) is 4.63. The zero-order valence-electron chi connectivity index (χ0n) is 15.2. The fraction of sp³-hybridized carbons (Fsp3) is 0.526. The van der Waals surface area contributed by atoms with E-state index >= 15 is 0 Å². The SMILES string of the molecule is CC(C)Cc1cc(C(=O)N2CCC(Cc3cnn(C)c3)C2)cc(=O)[nH]1. The molecule has 2 aromatic heterocycles. The number of hydrogen-bond acceptors (Lipinski definition) is 3. The standard InChI is InChI=1S/C19H26N4O2/c1-13(2)6-17-8-16(9-18(24)21-17)19(25)23-5-4-14(12-23)7-15-10-20-22(3)11-15/h8-11,13-14H,4-7,12H2,1-3H3,(H,21,24). The van der Waals surface area contributed by atoms with Gasteiger partial charge < -0.3 is 9.88 Å². The van der Waals surface area contributed by atoms with Gasteiger partial charge in [-0.05, 0) is 42.7 Å². The van der Waals surface area contributed by atoms with E-state index in [0.29, 0.717) is 17.4 Å². The van der Waals surface area contributed by atoms with Gasteiger partial charge in [0.05, 0.1) is 6.20 Å². The normalized spacial score (nSPS) is 17.4. The molecule has 3 rings (SSSR count). The summed E-state index contributed by atoms with van der Waals surface area (Å²) < 4.78 is 1.81. The van der Waals surface area contributed by atoms with Gasteiger partial charge in [0.2, 0.25) is 5.56 Å². The Hall–Kier alpha value is -2.37. The number of H-pyrrole nitrogens is 1. The number of nitrogens with zero attached hydrogens (tertiary/aromatic N) is 3. The van der Waals surface area contributed by atoms with Gasteiger partial charge in [0.15, 0.2) is 0 Å². The Balaban J connectivity index is 1.67. The van der Waals surface area contributed by atoms with E-state index in [4.69, 9.17) is 0 Å². The predicted octanol–water partition coefficient (Wildman–Crippen LogP) is 2.01. The Kier molecular flexibility index (Phi) is 5.06. The van der Waals surface area contributed by atoms with Gasteiger partial charge in [-0.2, -0.15) is 5.10 Å². The van der Waals surface area contributed by atoms with Crippen LogP contribution in [0.1, 0.15) is 41.9 Å². The first kappa shape index (κ1) is 17.5. The van der Waals surface area contributed by atoms with E-state index in [1.165, 1.54) is 11.6 Å². The Labute approximate surface area is 147 Å². The topological polar surface area (TPSA) is 71.0 Å². The van der Waals surface area contributed by atoms with E-state index in [-0.39, 0.29) is 11.5 Å². The molecule has 0 spiro atoms. The van der Waals surface area contributed by atoms with E-state index in [1.807, 2.05) is 30.4 Å². The van der Waals surface area contributed by atoms with Crippen LogP contribution in [-0.4, -0.2) is 38.7 Å².